The van der Waals surface area contributed by atoms with Crippen LogP contribution >= 0.6 is 12.4 Å². The first-order valence-electron chi connectivity index (χ1n) is 13.1. The molecule has 0 aliphatic carbocycles. The van der Waals surface area contributed by atoms with Crippen molar-refractivity contribution in [3.05, 3.63) is 151 Å². The average molecular weight is 623 g/mol. The quantitative estimate of drug-likeness (QED) is 0.0871. The van der Waals surface area contributed by atoms with E-state index in [0.29, 0.717) is 0 Å². The molecule has 0 saturated carbocycles. The van der Waals surface area contributed by atoms with Crippen LogP contribution in [0, 0.1) is 34.1 Å². The normalized spacial score (nSPS) is 10.2. The number of nitro benzene ring substituents is 2. The largest absolute Gasteiger partial charge is 0.391 e. The summed E-state index contributed by atoms with van der Waals surface area (Å²) in [6.07, 6.45) is 0. The smallest absolute Gasteiger partial charge is 0.269 e. The maximum Gasteiger partial charge on any atom is 0.269 e. The summed E-state index contributed by atoms with van der Waals surface area (Å²) in [6, 6.07) is 27.8. The van der Waals surface area contributed by atoms with Gasteiger partial charge in [-0.05, 0) is 68.7 Å². The van der Waals surface area contributed by atoms with E-state index in [9.17, 15) is 25.0 Å². The van der Waals surface area contributed by atoms with Crippen molar-refractivity contribution in [2.45, 2.75) is 40.9 Å². The molecular formula is C32H35ClN4O7. The predicted molar refractivity (Wildman–Crippen MR) is 172 cm³/mol. The maximum atomic E-state index is 10.8. The van der Waals surface area contributed by atoms with Gasteiger partial charge in [0.15, 0.2) is 5.78 Å². The number of benzene rings is 4. The molecule has 12 heteroatoms. The molecule has 4 rings (SSSR count). The summed E-state index contributed by atoms with van der Waals surface area (Å²) in [6.45, 7) is 8.02. The van der Waals surface area contributed by atoms with Crippen LogP contribution in [0.3, 0.4) is 0 Å². The summed E-state index contributed by atoms with van der Waals surface area (Å²) in [5, 5.41) is 24.8. The lowest BCUT2D eigenvalue weighted by atomic mass is 10.1. The minimum absolute atomic E-state index is 0. The molecule has 0 spiro atoms. The van der Waals surface area contributed by atoms with Gasteiger partial charge in [-0.3, -0.25) is 29.9 Å². The van der Waals surface area contributed by atoms with Crippen molar-refractivity contribution in [1.82, 2.24) is 0 Å². The molecule has 0 fully saturated rings. The average Bonchev–Trinajstić information content (AvgIpc) is 2.99. The maximum absolute atomic E-state index is 10.8. The lowest BCUT2D eigenvalue weighted by molar-refractivity contribution is -0.385. The van der Waals surface area contributed by atoms with E-state index in [0.717, 1.165) is 28.0 Å². The molecule has 0 amide bonds. The summed E-state index contributed by atoms with van der Waals surface area (Å²) in [5.74, 6) is 4.95. The molecule has 44 heavy (non-hydrogen) atoms. The van der Waals surface area contributed by atoms with E-state index in [1.807, 2.05) is 69.3 Å². The number of carbonyl (C=O) groups is 1. The molecule has 2 N–H and O–H groups in total. The van der Waals surface area contributed by atoms with Crippen molar-refractivity contribution >= 4 is 35.3 Å². The van der Waals surface area contributed by atoms with Crippen molar-refractivity contribution in [3.8, 4) is 0 Å². The van der Waals surface area contributed by atoms with E-state index in [1.165, 1.54) is 35.4 Å². The van der Waals surface area contributed by atoms with Crippen molar-refractivity contribution in [2.75, 3.05) is 0 Å². The molecule has 0 radical (unpaired) electrons. The van der Waals surface area contributed by atoms with Crippen LogP contribution in [0.1, 0.15) is 52.0 Å². The molecule has 232 valence electrons. The molecule has 11 nitrogen and oxygen atoms in total. The number of nitro groups is 2. The summed E-state index contributed by atoms with van der Waals surface area (Å²) in [5.41, 5.74) is 6.73. The van der Waals surface area contributed by atoms with Gasteiger partial charge in [0.1, 0.15) is 6.61 Å². The fourth-order valence-corrected chi connectivity index (χ4v) is 3.36. The van der Waals surface area contributed by atoms with E-state index >= 15 is 0 Å². The molecule has 4 aromatic rings. The number of hydrogen-bond donors (Lipinski definition) is 1. The molecule has 4 aromatic carbocycles. The van der Waals surface area contributed by atoms with Crippen molar-refractivity contribution in [2.24, 2.45) is 11.1 Å². The Labute approximate surface area is 262 Å². The Hall–Kier alpha value is -4.97. The van der Waals surface area contributed by atoms with Gasteiger partial charge in [0.25, 0.3) is 11.4 Å². The number of nitrogens with two attached hydrogens (primary N) is 1. The number of nitrogens with zero attached hydrogens (tertiary/aromatic N) is 3. The SMILES string of the molecule is C/C(=N\OCc1ccc([N+](=O)[O-])cc1)c1ccc(C)cc1.CC(=O)c1ccc(C)cc1.Cl.NOCc1ccc([N+](=O)[O-])cc1. The van der Waals surface area contributed by atoms with Gasteiger partial charge in [-0.2, -0.15) is 0 Å². The zero-order valence-corrected chi connectivity index (χ0v) is 25.7. The summed E-state index contributed by atoms with van der Waals surface area (Å²) >= 11 is 0. The number of hydrogen-bond acceptors (Lipinski definition) is 9. The number of ketones is 1. The minimum Gasteiger partial charge on any atom is -0.391 e. The number of oxime groups is 1. The van der Waals surface area contributed by atoms with E-state index in [2.05, 4.69) is 9.99 Å². The van der Waals surface area contributed by atoms with E-state index < -0.39 is 9.85 Å². The van der Waals surface area contributed by atoms with Gasteiger partial charge in [0.05, 0.1) is 22.2 Å². The number of aryl methyl sites for hydroxylation is 2. The summed E-state index contributed by atoms with van der Waals surface area (Å²) in [7, 11) is 0. The second kappa shape index (κ2) is 19.3. The molecule has 0 atom stereocenters. The number of halogens is 1. The van der Waals surface area contributed by atoms with Gasteiger partial charge in [-0.1, -0.05) is 64.8 Å². The predicted octanol–water partition coefficient (Wildman–Crippen LogP) is 7.45. The first-order valence-corrected chi connectivity index (χ1v) is 13.1. The third-order valence-corrected chi connectivity index (χ3v) is 5.90. The highest BCUT2D eigenvalue weighted by atomic mass is 35.5. The Morgan fingerprint density at radius 1 is 0.682 bits per heavy atom. The first-order chi connectivity index (χ1) is 20.5. The second-order valence-electron chi connectivity index (χ2n) is 9.40. The fraction of sp³-hybridized carbons (Fsp3) is 0.188. The van der Waals surface area contributed by atoms with Crippen molar-refractivity contribution in [3.63, 3.8) is 0 Å². The van der Waals surface area contributed by atoms with E-state index in [4.69, 9.17) is 10.7 Å². The molecule has 0 saturated heterocycles. The van der Waals surface area contributed by atoms with Crippen molar-refractivity contribution < 1.29 is 24.3 Å². The van der Waals surface area contributed by atoms with Gasteiger partial charge in [-0.15, -0.1) is 12.4 Å². The van der Waals surface area contributed by atoms with Gasteiger partial charge in [0.2, 0.25) is 0 Å². The van der Waals surface area contributed by atoms with Crippen molar-refractivity contribution in [1.29, 1.82) is 0 Å². The summed E-state index contributed by atoms with van der Waals surface area (Å²) < 4.78 is 0. The molecule has 0 aliphatic heterocycles. The Morgan fingerprint density at radius 2 is 1.07 bits per heavy atom. The van der Waals surface area contributed by atoms with E-state index in [-0.39, 0.29) is 42.8 Å². The lowest BCUT2D eigenvalue weighted by Crippen LogP contribution is -1.98. The van der Waals surface area contributed by atoms with Crippen LogP contribution in [0.5, 0.6) is 0 Å². The van der Waals surface area contributed by atoms with Crippen LogP contribution in [0.25, 0.3) is 0 Å². The minimum atomic E-state index is -0.451. The topological polar surface area (TPSA) is 160 Å². The Morgan fingerprint density at radius 3 is 1.43 bits per heavy atom. The molecule has 0 bridgehead atoms. The van der Waals surface area contributed by atoms with Gasteiger partial charge >= 0.3 is 0 Å². The van der Waals surface area contributed by atoms with Crippen LogP contribution in [-0.4, -0.2) is 21.3 Å². The van der Waals surface area contributed by atoms with Crippen LogP contribution < -0.4 is 5.90 Å². The first kappa shape index (κ1) is 37.1. The van der Waals surface area contributed by atoms with Crippen LogP contribution in [0.2, 0.25) is 0 Å². The molecular weight excluding hydrogens is 588 g/mol. The van der Waals surface area contributed by atoms with Crippen LogP contribution in [0.4, 0.5) is 11.4 Å². The number of rotatable bonds is 9. The number of Topliss-reactive ketones (excluding diaryl/α,β-unsaturated/α-hetero) is 1. The Kier molecular flexibility index (Phi) is 16.2. The van der Waals surface area contributed by atoms with Crippen LogP contribution in [0.15, 0.2) is 102 Å². The lowest BCUT2D eigenvalue weighted by Gasteiger charge is -2.03. The molecule has 0 aliphatic rings. The number of carbonyl (C=O) groups excluding carboxylic acids is 1. The molecule has 0 unspecified atom stereocenters. The third kappa shape index (κ3) is 13.3. The highest BCUT2D eigenvalue weighted by Crippen LogP contribution is 2.13. The molecule has 0 heterocycles. The van der Waals surface area contributed by atoms with E-state index in [1.54, 1.807) is 31.2 Å². The van der Waals surface area contributed by atoms with Crippen LogP contribution in [-0.2, 0) is 22.9 Å². The zero-order chi connectivity index (χ0) is 31.8. The third-order valence-electron chi connectivity index (χ3n) is 5.90. The van der Waals surface area contributed by atoms with Gasteiger partial charge < -0.3 is 4.84 Å². The highest BCUT2D eigenvalue weighted by Gasteiger charge is 2.05. The van der Waals surface area contributed by atoms with Gasteiger partial charge in [0, 0.05) is 29.8 Å². The second-order valence-corrected chi connectivity index (χ2v) is 9.40. The number of non-ortho nitro benzene ring substituents is 2. The standard InChI is InChI=1S/C16H16N2O3.C9H10O.C7H8N2O3.ClH/c1-12-3-7-15(8-4-12)13(2)17-21-11-14-5-9-16(10-6-14)18(19)20;1-7-3-5-9(6-4-7)8(2)10;8-12-5-6-1-3-7(4-2-6)9(10)11;/h3-10H,11H2,1-2H3;3-6H,1-2H3;1-4H,5,8H2;1H/b17-13+;;;. The summed E-state index contributed by atoms with van der Waals surface area (Å²) in [4.78, 5) is 40.3. The molecule has 0 aromatic heterocycles. The monoisotopic (exact) mass is 622 g/mol. The highest BCUT2D eigenvalue weighted by molar-refractivity contribution is 5.98. The van der Waals surface area contributed by atoms with Gasteiger partial charge in [-0.25, -0.2) is 5.90 Å². The fourth-order valence-electron chi connectivity index (χ4n) is 3.36. The zero-order valence-electron chi connectivity index (χ0n) is 24.8. The Balaban J connectivity index is 0.000000358. The Bertz CT molecular complexity index is 1510.